The van der Waals surface area contributed by atoms with E-state index in [1.807, 2.05) is 18.2 Å². The Morgan fingerprint density at radius 3 is 2.62 bits per heavy atom. The molecular formula is C11H13NO3S. The molecular weight excluding hydrogens is 226 g/mol. The average Bonchev–Trinajstić information content (AvgIpc) is 2.30. The number of ether oxygens (including phenoxy) is 1. The fraction of sp³-hybridized carbons (Fsp3) is 0.273. The summed E-state index contributed by atoms with van der Waals surface area (Å²) >= 11 is 1.06. The maximum Gasteiger partial charge on any atom is 0.306 e. The van der Waals surface area contributed by atoms with Gasteiger partial charge < -0.3 is 10.1 Å². The molecule has 1 rings (SSSR count). The van der Waals surface area contributed by atoms with Crippen LogP contribution in [0.15, 0.2) is 30.3 Å². The fourth-order valence-electron chi connectivity index (χ4n) is 1.00. The summed E-state index contributed by atoms with van der Waals surface area (Å²) in [7, 11) is 1.33. The molecule has 0 spiro atoms. The van der Waals surface area contributed by atoms with Crippen LogP contribution >= 0.6 is 11.8 Å². The molecule has 0 radical (unpaired) electrons. The first-order valence-electron chi connectivity index (χ1n) is 4.78. The molecule has 1 aromatic rings. The maximum absolute atomic E-state index is 11.4. The van der Waals surface area contributed by atoms with Gasteiger partial charge in [0, 0.05) is 11.4 Å². The van der Waals surface area contributed by atoms with E-state index in [2.05, 4.69) is 10.1 Å². The molecule has 0 bridgehead atoms. The van der Waals surface area contributed by atoms with Gasteiger partial charge >= 0.3 is 5.97 Å². The van der Waals surface area contributed by atoms with Crippen LogP contribution in [0.3, 0.4) is 0 Å². The number of nitrogens with one attached hydrogen (secondary N) is 1. The SMILES string of the molecule is COC(=O)CCSC(=O)Nc1ccccc1. The van der Waals surface area contributed by atoms with Crippen LogP contribution in [0.2, 0.25) is 0 Å². The zero-order valence-electron chi connectivity index (χ0n) is 8.93. The molecule has 86 valence electrons. The Morgan fingerprint density at radius 1 is 1.31 bits per heavy atom. The second-order valence-corrected chi connectivity index (χ2v) is 4.02. The zero-order chi connectivity index (χ0) is 11.8. The van der Waals surface area contributed by atoms with Crippen LogP contribution in [-0.4, -0.2) is 24.1 Å². The summed E-state index contributed by atoms with van der Waals surface area (Å²) in [5.74, 6) is 0.116. The van der Waals surface area contributed by atoms with Gasteiger partial charge in [-0.25, -0.2) is 0 Å². The lowest BCUT2D eigenvalue weighted by atomic mass is 10.3. The molecule has 0 saturated carbocycles. The summed E-state index contributed by atoms with van der Waals surface area (Å²) < 4.78 is 4.47. The van der Waals surface area contributed by atoms with Crippen LogP contribution in [0.4, 0.5) is 10.5 Å². The molecule has 1 amide bonds. The maximum atomic E-state index is 11.4. The van der Waals surface area contributed by atoms with Gasteiger partial charge in [-0.1, -0.05) is 30.0 Å². The zero-order valence-corrected chi connectivity index (χ0v) is 9.75. The van der Waals surface area contributed by atoms with Gasteiger partial charge in [0.05, 0.1) is 13.5 Å². The van der Waals surface area contributed by atoms with E-state index < -0.39 is 0 Å². The molecule has 0 fully saturated rings. The van der Waals surface area contributed by atoms with E-state index in [-0.39, 0.29) is 17.6 Å². The van der Waals surface area contributed by atoms with E-state index in [0.717, 1.165) is 17.4 Å². The molecule has 1 N–H and O–H groups in total. The summed E-state index contributed by atoms with van der Waals surface area (Å²) in [6.07, 6.45) is 0.239. The second-order valence-electron chi connectivity index (χ2n) is 2.95. The smallest absolute Gasteiger partial charge is 0.306 e. The van der Waals surface area contributed by atoms with Crippen LogP contribution in [0.1, 0.15) is 6.42 Å². The molecule has 0 saturated heterocycles. The van der Waals surface area contributed by atoms with E-state index in [9.17, 15) is 9.59 Å². The van der Waals surface area contributed by atoms with Gasteiger partial charge in [0.15, 0.2) is 0 Å². The molecule has 0 unspecified atom stereocenters. The number of anilines is 1. The molecule has 0 aliphatic heterocycles. The van der Waals surface area contributed by atoms with Crippen molar-refractivity contribution < 1.29 is 14.3 Å². The highest BCUT2D eigenvalue weighted by Gasteiger charge is 2.05. The number of carbonyl (C=O) groups excluding carboxylic acids is 2. The van der Waals surface area contributed by atoms with Gasteiger partial charge in [-0.15, -0.1) is 0 Å². The van der Waals surface area contributed by atoms with E-state index in [1.165, 1.54) is 7.11 Å². The van der Waals surface area contributed by atoms with Gasteiger partial charge in [-0.05, 0) is 12.1 Å². The number of rotatable bonds is 4. The van der Waals surface area contributed by atoms with Gasteiger partial charge in [0.25, 0.3) is 5.24 Å². The molecule has 0 aliphatic rings. The number of amides is 1. The Balaban J connectivity index is 2.24. The number of benzene rings is 1. The number of carbonyl (C=O) groups is 2. The van der Waals surface area contributed by atoms with Crippen molar-refractivity contribution in [3.63, 3.8) is 0 Å². The highest BCUT2D eigenvalue weighted by molar-refractivity contribution is 8.13. The summed E-state index contributed by atoms with van der Waals surface area (Å²) in [6.45, 7) is 0. The minimum atomic E-state index is -0.306. The Kier molecular flexibility index (Phi) is 5.42. The van der Waals surface area contributed by atoms with E-state index in [1.54, 1.807) is 12.1 Å². The Morgan fingerprint density at radius 2 is 2.00 bits per heavy atom. The first-order valence-corrected chi connectivity index (χ1v) is 5.76. The first kappa shape index (κ1) is 12.6. The number of thioether (sulfide) groups is 1. The molecule has 0 aromatic heterocycles. The highest BCUT2D eigenvalue weighted by atomic mass is 32.2. The predicted octanol–water partition coefficient (Wildman–Crippen LogP) is 2.51. The number of para-hydroxylation sites is 1. The lowest BCUT2D eigenvalue weighted by Crippen LogP contribution is -2.08. The topological polar surface area (TPSA) is 55.4 Å². The van der Waals surface area contributed by atoms with Crippen molar-refractivity contribution in [2.75, 3.05) is 18.2 Å². The standard InChI is InChI=1S/C11H13NO3S/c1-15-10(13)7-8-16-11(14)12-9-5-3-2-4-6-9/h2-6H,7-8H2,1H3,(H,12,14). The highest BCUT2D eigenvalue weighted by Crippen LogP contribution is 2.11. The number of esters is 1. The van der Waals surface area contributed by atoms with Crippen molar-refractivity contribution in [1.29, 1.82) is 0 Å². The van der Waals surface area contributed by atoms with Crippen LogP contribution in [0.25, 0.3) is 0 Å². The van der Waals surface area contributed by atoms with Crippen LogP contribution in [0.5, 0.6) is 0 Å². The van der Waals surface area contributed by atoms with Crippen molar-refractivity contribution in [2.24, 2.45) is 0 Å². The Labute approximate surface area is 98.4 Å². The van der Waals surface area contributed by atoms with Crippen LogP contribution in [0, 0.1) is 0 Å². The Hall–Kier alpha value is -1.49. The quantitative estimate of drug-likeness (QED) is 0.820. The second kappa shape index (κ2) is 6.90. The third-order valence-corrected chi connectivity index (χ3v) is 2.56. The minimum absolute atomic E-state index is 0.171. The van der Waals surface area contributed by atoms with Crippen molar-refractivity contribution >= 4 is 28.7 Å². The lowest BCUT2D eigenvalue weighted by molar-refractivity contribution is -0.140. The number of hydrogen-bond acceptors (Lipinski definition) is 4. The monoisotopic (exact) mass is 239 g/mol. The van der Waals surface area contributed by atoms with Crippen molar-refractivity contribution in [3.05, 3.63) is 30.3 Å². The average molecular weight is 239 g/mol. The van der Waals surface area contributed by atoms with Crippen molar-refractivity contribution in [3.8, 4) is 0 Å². The van der Waals surface area contributed by atoms with Gasteiger partial charge in [0.1, 0.15) is 0 Å². The molecule has 0 aliphatic carbocycles. The predicted molar refractivity (Wildman–Crippen MR) is 64.6 cm³/mol. The molecule has 1 aromatic carbocycles. The van der Waals surface area contributed by atoms with Gasteiger partial charge in [-0.3, -0.25) is 9.59 Å². The van der Waals surface area contributed by atoms with Gasteiger partial charge in [0.2, 0.25) is 0 Å². The molecule has 4 nitrogen and oxygen atoms in total. The summed E-state index contributed by atoms with van der Waals surface area (Å²) in [6, 6.07) is 9.17. The van der Waals surface area contributed by atoms with Crippen LogP contribution < -0.4 is 5.32 Å². The Bertz CT molecular complexity index is 354. The van der Waals surface area contributed by atoms with Crippen molar-refractivity contribution in [2.45, 2.75) is 6.42 Å². The number of hydrogen-bond donors (Lipinski definition) is 1. The summed E-state index contributed by atoms with van der Waals surface area (Å²) in [5, 5.41) is 2.53. The molecule has 5 heteroatoms. The summed E-state index contributed by atoms with van der Waals surface area (Å²) in [5.41, 5.74) is 0.748. The summed E-state index contributed by atoms with van der Waals surface area (Å²) in [4.78, 5) is 22.2. The van der Waals surface area contributed by atoms with E-state index in [0.29, 0.717) is 5.75 Å². The van der Waals surface area contributed by atoms with Crippen LogP contribution in [-0.2, 0) is 9.53 Å². The van der Waals surface area contributed by atoms with Gasteiger partial charge in [-0.2, -0.15) is 0 Å². The van der Waals surface area contributed by atoms with Crippen molar-refractivity contribution in [1.82, 2.24) is 0 Å². The lowest BCUT2D eigenvalue weighted by Gasteiger charge is -2.03. The normalized spacial score (nSPS) is 9.56. The fourth-order valence-corrected chi connectivity index (χ4v) is 1.65. The van der Waals surface area contributed by atoms with E-state index >= 15 is 0 Å². The third kappa shape index (κ3) is 4.84. The number of methoxy groups -OCH3 is 1. The first-order chi connectivity index (χ1) is 7.72. The largest absolute Gasteiger partial charge is 0.469 e. The molecule has 0 heterocycles. The molecule has 16 heavy (non-hydrogen) atoms. The van der Waals surface area contributed by atoms with E-state index in [4.69, 9.17) is 0 Å². The molecule has 0 atom stereocenters. The minimum Gasteiger partial charge on any atom is -0.469 e. The third-order valence-electron chi connectivity index (χ3n) is 1.79.